The first-order chi connectivity index (χ1) is 9.55. The van der Waals surface area contributed by atoms with Crippen LogP contribution in [0.5, 0.6) is 0 Å². The van der Waals surface area contributed by atoms with Crippen molar-refractivity contribution < 1.29 is 9.90 Å². The van der Waals surface area contributed by atoms with E-state index in [9.17, 15) is 4.79 Å². The van der Waals surface area contributed by atoms with Crippen LogP contribution in [-0.4, -0.2) is 28.1 Å². The van der Waals surface area contributed by atoms with Gasteiger partial charge in [0, 0.05) is 11.3 Å². The van der Waals surface area contributed by atoms with E-state index in [1.165, 1.54) is 0 Å². The second kappa shape index (κ2) is 6.34. The minimum absolute atomic E-state index is 0.0652. The average molecular weight is 289 g/mol. The van der Waals surface area contributed by atoms with Crippen molar-refractivity contribution in [2.45, 2.75) is 31.4 Å². The highest BCUT2D eigenvalue weighted by molar-refractivity contribution is 8.01. The van der Waals surface area contributed by atoms with Gasteiger partial charge in [0.1, 0.15) is 6.61 Å². The quantitative estimate of drug-likeness (QED) is 0.823. The molecule has 3 nitrogen and oxygen atoms in total. The second-order valence-corrected chi connectivity index (χ2v) is 6.72. The normalized spacial score (nSPS) is 21.1. The maximum Gasteiger partial charge on any atom is 0.240 e. The number of benzene rings is 1. The van der Waals surface area contributed by atoms with Crippen LogP contribution >= 0.6 is 11.8 Å². The first-order valence-corrected chi connectivity index (χ1v) is 7.69. The van der Waals surface area contributed by atoms with Crippen molar-refractivity contribution in [3.05, 3.63) is 29.3 Å². The molecule has 0 radical (unpaired) electrons. The molecule has 1 unspecified atom stereocenters. The summed E-state index contributed by atoms with van der Waals surface area (Å²) in [6, 6.07) is 5.68. The number of amides is 1. The highest BCUT2D eigenvalue weighted by atomic mass is 32.2. The van der Waals surface area contributed by atoms with Gasteiger partial charge in [-0.2, -0.15) is 0 Å². The van der Waals surface area contributed by atoms with E-state index in [2.05, 4.69) is 17.2 Å². The summed E-state index contributed by atoms with van der Waals surface area (Å²) in [7, 11) is 0. The molecule has 1 aromatic carbocycles. The molecular formula is C16H19NO2S. The smallest absolute Gasteiger partial charge is 0.240 e. The molecule has 1 amide bonds. The third kappa shape index (κ3) is 3.36. The fraction of sp³-hybridized carbons (Fsp3) is 0.438. The van der Waals surface area contributed by atoms with Crippen LogP contribution in [0.15, 0.2) is 18.2 Å². The molecule has 4 heteroatoms. The maximum atomic E-state index is 12.4. The first-order valence-electron chi connectivity index (χ1n) is 6.71. The van der Waals surface area contributed by atoms with Crippen LogP contribution in [0.2, 0.25) is 0 Å². The van der Waals surface area contributed by atoms with E-state index in [1.807, 2.05) is 32.0 Å². The van der Waals surface area contributed by atoms with Crippen LogP contribution in [-0.2, 0) is 4.79 Å². The molecule has 0 spiro atoms. The lowest BCUT2D eigenvalue weighted by molar-refractivity contribution is -0.118. The van der Waals surface area contributed by atoms with Gasteiger partial charge in [0.05, 0.1) is 4.75 Å². The monoisotopic (exact) mass is 289 g/mol. The molecule has 20 heavy (non-hydrogen) atoms. The van der Waals surface area contributed by atoms with Crippen molar-refractivity contribution in [1.82, 2.24) is 0 Å². The van der Waals surface area contributed by atoms with Gasteiger partial charge < -0.3 is 10.4 Å². The van der Waals surface area contributed by atoms with Crippen LogP contribution in [0, 0.1) is 18.8 Å². The molecule has 1 atom stereocenters. The third-order valence-electron chi connectivity index (χ3n) is 3.50. The minimum atomic E-state index is -0.320. The van der Waals surface area contributed by atoms with Crippen molar-refractivity contribution in [2.75, 3.05) is 17.7 Å². The third-order valence-corrected chi connectivity index (χ3v) is 5.02. The highest BCUT2D eigenvalue weighted by Crippen LogP contribution is 2.38. The molecule has 1 aromatic rings. The van der Waals surface area contributed by atoms with Gasteiger partial charge >= 0.3 is 0 Å². The Kier molecular flexibility index (Phi) is 4.74. The van der Waals surface area contributed by atoms with Crippen LogP contribution < -0.4 is 5.32 Å². The Labute approximate surface area is 124 Å². The fourth-order valence-corrected chi connectivity index (χ4v) is 3.40. The second-order valence-electron chi connectivity index (χ2n) is 5.13. The Morgan fingerprint density at radius 3 is 3.00 bits per heavy atom. The van der Waals surface area contributed by atoms with Crippen LogP contribution in [0.3, 0.4) is 0 Å². The number of thioether (sulfide) groups is 1. The first kappa shape index (κ1) is 15.0. The molecule has 0 saturated carbocycles. The molecule has 0 aliphatic carbocycles. The molecule has 1 aliphatic rings. The largest absolute Gasteiger partial charge is 0.384 e. The Bertz CT molecular complexity index is 566. The van der Waals surface area contributed by atoms with E-state index >= 15 is 0 Å². The minimum Gasteiger partial charge on any atom is -0.384 e. The standard InChI is InChI=1S/C16H19NO2S/c1-12-6-7-13(5-3-9-18)11-14(12)17-15(19)16(2)8-4-10-20-16/h6-7,11,18H,4,8-10H2,1-2H3,(H,17,19). The van der Waals surface area contributed by atoms with E-state index in [0.717, 1.165) is 35.4 Å². The summed E-state index contributed by atoms with van der Waals surface area (Å²) in [5.41, 5.74) is 2.61. The van der Waals surface area contributed by atoms with E-state index in [1.54, 1.807) is 11.8 Å². The summed E-state index contributed by atoms with van der Waals surface area (Å²) in [4.78, 5) is 12.4. The average Bonchev–Trinajstić information content (AvgIpc) is 2.88. The molecule has 1 aliphatic heterocycles. The van der Waals surface area contributed by atoms with E-state index in [0.29, 0.717) is 0 Å². The molecule has 106 valence electrons. The molecule has 2 rings (SSSR count). The summed E-state index contributed by atoms with van der Waals surface area (Å²) in [6.45, 7) is 3.80. The molecule has 1 fully saturated rings. The van der Waals surface area contributed by atoms with E-state index in [4.69, 9.17) is 5.11 Å². The molecular weight excluding hydrogens is 270 g/mol. The van der Waals surface area contributed by atoms with Gasteiger partial charge in [-0.05, 0) is 50.1 Å². The fourth-order valence-electron chi connectivity index (χ4n) is 2.19. The van der Waals surface area contributed by atoms with Crippen molar-refractivity contribution in [3.63, 3.8) is 0 Å². The van der Waals surface area contributed by atoms with Gasteiger partial charge in [0.25, 0.3) is 0 Å². The summed E-state index contributed by atoms with van der Waals surface area (Å²) in [5, 5.41) is 11.7. The summed E-state index contributed by atoms with van der Waals surface area (Å²) >= 11 is 1.72. The van der Waals surface area contributed by atoms with Crippen molar-refractivity contribution in [1.29, 1.82) is 0 Å². The summed E-state index contributed by atoms with van der Waals surface area (Å²) < 4.78 is -0.320. The summed E-state index contributed by atoms with van der Waals surface area (Å²) in [6.07, 6.45) is 2.02. The molecule has 2 N–H and O–H groups in total. The van der Waals surface area contributed by atoms with Gasteiger partial charge in [-0.25, -0.2) is 0 Å². The number of hydrogen-bond donors (Lipinski definition) is 2. The lowest BCUT2D eigenvalue weighted by Gasteiger charge is -2.22. The van der Waals surface area contributed by atoms with Gasteiger partial charge in [-0.1, -0.05) is 17.9 Å². The van der Waals surface area contributed by atoms with Crippen LogP contribution in [0.1, 0.15) is 30.9 Å². The lowest BCUT2D eigenvalue weighted by Crippen LogP contribution is -2.34. The molecule has 0 bridgehead atoms. The maximum absolute atomic E-state index is 12.4. The zero-order chi connectivity index (χ0) is 14.6. The Balaban J connectivity index is 2.18. The number of aliphatic hydroxyl groups excluding tert-OH is 1. The van der Waals surface area contributed by atoms with Gasteiger partial charge in [-0.3, -0.25) is 4.79 Å². The Hall–Kier alpha value is -1.44. The van der Waals surface area contributed by atoms with Crippen molar-refractivity contribution >= 4 is 23.4 Å². The van der Waals surface area contributed by atoms with Crippen molar-refractivity contribution in [2.24, 2.45) is 0 Å². The molecule has 0 aromatic heterocycles. The number of hydrogen-bond acceptors (Lipinski definition) is 3. The highest BCUT2D eigenvalue weighted by Gasteiger charge is 2.37. The lowest BCUT2D eigenvalue weighted by atomic mass is 10.0. The number of aryl methyl sites for hydroxylation is 1. The number of nitrogens with one attached hydrogen (secondary N) is 1. The predicted molar refractivity (Wildman–Crippen MR) is 83.9 cm³/mol. The van der Waals surface area contributed by atoms with E-state index < -0.39 is 0 Å². The Morgan fingerprint density at radius 1 is 1.55 bits per heavy atom. The number of carbonyl (C=O) groups excluding carboxylic acids is 1. The number of carbonyl (C=O) groups is 1. The van der Waals surface area contributed by atoms with Crippen LogP contribution in [0.4, 0.5) is 5.69 Å². The summed E-state index contributed by atoms with van der Waals surface area (Å²) in [5.74, 6) is 6.59. The zero-order valence-electron chi connectivity index (χ0n) is 11.8. The molecule has 1 saturated heterocycles. The number of aliphatic hydroxyl groups is 1. The number of rotatable bonds is 2. The number of anilines is 1. The van der Waals surface area contributed by atoms with E-state index in [-0.39, 0.29) is 17.3 Å². The van der Waals surface area contributed by atoms with Gasteiger partial charge in [0.2, 0.25) is 5.91 Å². The topological polar surface area (TPSA) is 49.3 Å². The Morgan fingerprint density at radius 2 is 2.35 bits per heavy atom. The zero-order valence-corrected chi connectivity index (χ0v) is 12.6. The van der Waals surface area contributed by atoms with Gasteiger partial charge in [0.15, 0.2) is 0 Å². The SMILES string of the molecule is Cc1ccc(C#CCO)cc1NC(=O)C1(C)CCCS1. The van der Waals surface area contributed by atoms with Gasteiger partial charge in [-0.15, -0.1) is 11.8 Å². The molecule has 1 heterocycles. The van der Waals surface area contributed by atoms with Crippen molar-refractivity contribution in [3.8, 4) is 11.8 Å². The van der Waals surface area contributed by atoms with Crippen LogP contribution in [0.25, 0.3) is 0 Å². The predicted octanol–water partition coefficient (Wildman–Crippen LogP) is 2.56.